The number of hydrogen-bond donors (Lipinski definition) is 2. The molecule has 0 aliphatic heterocycles. The van der Waals surface area contributed by atoms with E-state index in [2.05, 4.69) is 33.0 Å². The minimum Gasteiger partial charge on any atom is -0.324 e. The Hall–Kier alpha value is -0.0800. The molecule has 0 aliphatic carbocycles. The van der Waals surface area contributed by atoms with Gasteiger partial charge < -0.3 is 11.1 Å². The smallest absolute Gasteiger partial charge is 0.0252 e. The van der Waals surface area contributed by atoms with Crippen LogP contribution >= 0.6 is 0 Å². The monoisotopic (exact) mass is 200 g/mol. The van der Waals surface area contributed by atoms with Crippen molar-refractivity contribution >= 4 is 0 Å². The van der Waals surface area contributed by atoms with Crippen LogP contribution in [-0.4, -0.2) is 18.1 Å². The quantitative estimate of drug-likeness (QED) is 0.632. The van der Waals surface area contributed by atoms with Crippen LogP contribution in [-0.2, 0) is 0 Å². The summed E-state index contributed by atoms with van der Waals surface area (Å²) in [5.41, 5.74) is 6.11. The molecule has 0 aliphatic rings. The van der Waals surface area contributed by atoms with Crippen LogP contribution in [0.25, 0.3) is 0 Å². The Kier molecular flexibility index (Phi) is 7.20. The molecule has 2 nitrogen and oxygen atoms in total. The van der Waals surface area contributed by atoms with Crippen LogP contribution in [0.15, 0.2) is 0 Å². The van der Waals surface area contributed by atoms with Crippen molar-refractivity contribution in [2.24, 2.45) is 5.73 Å². The second-order valence-corrected chi connectivity index (χ2v) is 4.83. The van der Waals surface area contributed by atoms with Crippen molar-refractivity contribution in [2.45, 2.75) is 71.4 Å². The van der Waals surface area contributed by atoms with E-state index in [9.17, 15) is 0 Å². The lowest BCUT2D eigenvalue weighted by atomic mass is 9.97. The Morgan fingerprint density at radius 2 is 1.93 bits per heavy atom. The lowest BCUT2D eigenvalue weighted by Gasteiger charge is -2.26. The summed E-state index contributed by atoms with van der Waals surface area (Å²) in [6.45, 7) is 9.74. The highest BCUT2D eigenvalue weighted by atomic mass is 15.0. The van der Waals surface area contributed by atoms with Gasteiger partial charge in [0.25, 0.3) is 0 Å². The maximum absolute atomic E-state index is 6.14. The molecule has 0 heterocycles. The van der Waals surface area contributed by atoms with Crippen LogP contribution in [0.1, 0.15) is 59.8 Å². The average Bonchev–Trinajstić information content (AvgIpc) is 2.11. The zero-order valence-electron chi connectivity index (χ0n) is 10.4. The van der Waals surface area contributed by atoms with E-state index < -0.39 is 0 Å². The maximum atomic E-state index is 6.14. The Morgan fingerprint density at radius 3 is 2.43 bits per heavy atom. The largest absolute Gasteiger partial charge is 0.324 e. The Bertz CT molecular complexity index is 132. The fourth-order valence-corrected chi connectivity index (χ4v) is 1.68. The molecule has 0 spiro atoms. The van der Waals surface area contributed by atoms with Crippen molar-refractivity contribution in [2.75, 3.05) is 6.54 Å². The summed E-state index contributed by atoms with van der Waals surface area (Å²) in [6, 6.07) is 0.606. The van der Waals surface area contributed by atoms with Gasteiger partial charge >= 0.3 is 0 Å². The molecule has 2 atom stereocenters. The molecule has 0 saturated heterocycles. The van der Waals surface area contributed by atoms with E-state index in [4.69, 9.17) is 5.73 Å². The number of unbranched alkanes of at least 4 members (excludes halogenated alkanes) is 1. The average molecular weight is 200 g/mol. The second kappa shape index (κ2) is 7.24. The maximum Gasteiger partial charge on any atom is 0.0252 e. The normalized spacial score (nSPS) is 17.8. The van der Waals surface area contributed by atoms with Crippen molar-refractivity contribution in [3.8, 4) is 0 Å². The minimum atomic E-state index is -0.0325. The number of nitrogens with one attached hydrogen (secondary N) is 1. The Balaban J connectivity index is 3.58. The highest BCUT2D eigenvalue weighted by Gasteiger charge is 2.17. The third-order valence-corrected chi connectivity index (χ3v) is 2.67. The van der Waals surface area contributed by atoms with E-state index in [1.807, 2.05) is 0 Å². The fraction of sp³-hybridized carbons (Fsp3) is 1.00. The summed E-state index contributed by atoms with van der Waals surface area (Å²) in [7, 11) is 0. The fourth-order valence-electron chi connectivity index (χ4n) is 1.68. The number of nitrogens with two attached hydrogens (primary N) is 1. The number of hydrogen-bond acceptors (Lipinski definition) is 2. The molecule has 0 bridgehead atoms. The molecule has 0 rings (SSSR count). The Morgan fingerprint density at radius 1 is 1.29 bits per heavy atom. The molecule has 86 valence electrons. The number of rotatable bonds is 8. The van der Waals surface area contributed by atoms with E-state index in [0.717, 1.165) is 19.4 Å². The van der Waals surface area contributed by atoms with Gasteiger partial charge in [-0.3, -0.25) is 0 Å². The highest BCUT2D eigenvalue weighted by Crippen LogP contribution is 2.08. The van der Waals surface area contributed by atoms with Crippen molar-refractivity contribution in [1.82, 2.24) is 5.32 Å². The first kappa shape index (κ1) is 13.9. The zero-order chi connectivity index (χ0) is 11.0. The topological polar surface area (TPSA) is 38.0 Å². The zero-order valence-corrected chi connectivity index (χ0v) is 10.4. The van der Waals surface area contributed by atoms with Gasteiger partial charge in [0, 0.05) is 18.1 Å². The molecule has 2 unspecified atom stereocenters. The van der Waals surface area contributed by atoms with Gasteiger partial charge in [0.15, 0.2) is 0 Å². The van der Waals surface area contributed by atoms with Gasteiger partial charge in [-0.1, -0.05) is 33.1 Å². The first-order chi connectivity index (χ1) is 6.52. The van der Waals surface area contributed by atoms with Crippen molar-refractivity contribution < 1.29 is 0 Å². The molecular weight excluding hydrogens is 172 g/mol. The van der Waals surface area contributed by atoms with Crippen LogP contribution < -0.4 is 11.1 Å². The van der Waals surface area contributed by atoms with Gasteiger partial charge in [0.1, 0.15) is 0 Å². The molecule has 0 fully saturated rings. The molecule has 0 saturated carbocycles. The summed E-state index contributed by atoms with van der Waals surface area (Å²) in [5, 5.41) is 3.52. The van der Waals surface area contributed by atoms with Crippen LogP contribution in [0.5, 0.6) is 0 Å². The first-order valence-corrected chi connectivity index (χ1v) is 6.04. The van der Waals surface area contributed by atoms with Crippen LogP contribution in [0.3, 0.4) is 0 Å². The minimum absolute atomic E-state index is 0.0325. The van der Waals surface area contributed by atoms with Gasteiger partial charge in [-0.15, -0.1) is 0 Å². The standard InChI is InChI=1S/C12H28N2/c1-5-7-8-11(3)14-10-12(4,13)9-6-2/h11,14H,5-10,13H2,1-4H3. The molecule has 0 radical (unpaired) electrons. The van der Waals surface area contributed by atoms with E-state index >= 15 is 0 Å². The highest BCUT2D eigenvalue weighted by molar-refractivity contribution is 4.81. The van der Waals surface area contributed by atoms with E-state index in [-0.39, 0.29) is 5.54 Å². The predicted molar refractivity (Wildman–Crippen MR) is 64.5 cm³/mol. The predicted octanol–water partition coefficient (Wildman–Crippen LogP) is 2.67. The molecule has 0 amide bonds. The molecule has 3 N–H and O–H groups in total. The first-order valence-electron chi connectivity index (χ1n) is 6.04. The van der Waals surface area contributed by atoms with E-state index in [0.29, 0.717) is 6.04 Å². The summed E-state index contributed by atoms with van der Waals surface area (Å²) >= 11 is 0. The summed E-state index contributed by atoms with van der Waals surface area (Å²) < 4.78 is 0. The van der Waals surface area contributed by atoms with E-state index in [1.165, 1.54) is 19.3 Å². The molecule has 0 aromatic heterocycles. The van der Waals surface area contributed by atoms with Gasteiger partial charge in [0.05, 0.1) is 0 Å². The van der Waals surface area contributed by atoms with Gasteiger partial charge in [0.2, 0.25) is 0 Å². The summed E-state index contributed by atoms with van der Waals surface area (Å²) in [5.74, 6) is 0. The molecule has 0 aromatic rings. The van der Waals surface area contributed by atoms with Crippen LogP contribution in [0.2, 0.25) is 0 Å². The van der Waals surface area contributed by atoms with Crippen molar-refractivity contribution in [3.63, 3.8) is 0 Å². The molecule has 0 aromatic carbocycles. The third kappa shape index (κ3) is 7.34. The van der Waals surface area contributed by atoms with Gasteiger partial charge in [-0.05, 0) is 26.7 Å². The van der Waals surface area contributed by atoms with Gasteiger partial charge in [-0.25, -0.2) is 0 Å². The van der Waals surface area contributed by atoms with Crippen LogP contribution in [0.4, 0.5) is 0 Å². The lowest BCUT2D eigenvalue weighted by molar-refractivity contribution is 0.366. The van der Waals surface area contributed by atoms with E-state index in [1.54, 1.807) is 0 Å². The molecule has 2 heteroatoms. The lowest BCUT2D eigenvalue weighted by Crippen LogP contribution is -2.48. The molecule has 14 heavy (non-hydrogen) atoms. The van der Waals surface area contributed by atoms with Crippen LogP contribution in [0, 0.1) is 0 Å². The molecular formula is C12H28N2. The van der Waals surface area contributed by atoms with Crippen molar-refractivity contribution in [3.05, 3.63) is 0 Å². The third-order valence-electron chi connectivity index (χ3n) is 2.67. The second-order valence-electron chi connectivity index (χ2n) is 4.83. The van der Waals surface area contributed by atoms with Crippen molar-refractivity contribution in [1.29, 1.82) is 0 Å². The summed E-state index contributed by atoms with van der Waals surface area (Å²) in [4.78, 5) is 0. The van der Waals surface area contributed by atoms with Gasteiger partial charge in [-0.2, -0.15) is 0 Å². The SMILES string of the molecule is CCCCC(C)NCC(C)(N)CCC. The summed E-state index contributed by atoms with van der Waals surface area (Å²) in [6.07, 6.45) is 6.11. The Labute approximate surface area is 89.6 Å².